The Morgan fingerprint density at radius 2 is 2.13 bits per heavy atom. The lowest BCUT2D eigenvalue weighted by Gasteiger charge is -2.26. The highest BCUT2D eigenvalue weighted by Gasteiger charge is 2.27. The number of rotatable bonds is 11. The first-order valence-electron chi connectivity index (χ1n) is 12.8. The molecule has 1 saturated heterocycles. The molecule has 0 spiro atoms. The molecule has 0 bridgehead atoms. The molecule has 1 aliphatic heterocycles. The number of aromatic nitrogens is 3. The van der Waals surface area contributed by atoms with Gasteiger partial charge in [0.05, 0.1) is 35.9 Å². The summed E-state index contributed by atoms with van der Waals surface area (Å²) >= 11 is 0. The molecule has 1 unspecified atom stereocenters. The molecule has 4 rings (SSSR count). The monoisotopic (exact) mass is 516 g/mol. The van der Waals surface area contributed by atoms with Crippen LogP contribution in [0.3, 0.4) is 0 Å². The number of benzene rings is 1. The summed E-state index contributed by atoms with van der Waals surface area (Å²) in [7, 11) is 0. The van der Waals surface area contributed by atoms with Gasteiger partial charge in [0.15, 0.2) is 0 Å². The standard InChI is InChI=1S/C29H33FN6O2/c1-2-15-35(20-29(37)38)16-5-10-23-9-4-11-24(33-23)25-19-32-28(34-25)14-13-27(31)36-17-6-12-26(36)21-7-3-8-22(30)18-21/h3-5,7-11,13-14,18-19,26,31H,2,6,12,15-17,20H2,1H3,(H,32,34)(H,37,38)/b10-5+,14-13-,31-27?. The zero-order valence-corrected chi connectivity index (χ0v) is 21.5. The molecule has 198 valence electrons. The highest BCUT2D eigenvalue weighted by atomic mass is 19.1. The number of nitrogens with zero attached hydrogens (tertiary/aromatic N) is 4. The summed E-state index contributed by atoms with van der Waals surface area (Å²) < 4.78 is 13.7. The van der Waals surface area contributed by atoms with Crippen molar-refractivity contribution in [2.24, 2.45) is 0 Å². The number of carboxylic acid groups (broad SMARTS) is 1. The molecule has 0 radical (unpaired) electrons. The first-order chi connectivity index (χ1) is 18.4. The van der Waals surface area contributed by atoms with Gasteiger partial charge in [-0.2, -0.15) is 0 Å². The molecule has 1 aromatic carbocycles. The van der Waals surface area contributed by atoms with Crippen molar-refractivity contribution in [3.63, 3.8) is 0 Å². The fourth-order valence-electron chi connectivity index (χ4n) is 4.68. The Kier molecular flexibility index (Phi) is 9.16. The molecule has 3 N–H and O–H groups in total. The van der Waals surface area contributed by atoms with Gasteiger partial charge in [0.25, 0.3) is 0 Å². The molecule has 2 aromatic heterocycles. The van der Waals surface area contributed by atoms with Gasteiger partial charge in [0.2, 0.25) is 0 Å². The molecule has 1 atom stereocenters. The summed E-state index contributed by atoms with van der Waals surface area (Å²) in [4.78, 5) is 27.2. The van der Waals surface area contributed by atoms with Crippen LogP contribution in [0.25, 0.3) is 23.5 Å². The number of aliphatic carboxylic acids is 1. The second-order valence-electron chi connectivity index (χ2n) is 9.29. The molecule has 3 aromatic rings. The van der Waals surface area contributed by atoms with E-state index in [-0.39, 0.29) is 18.4 Å². The summed E-state index contributed by atoms with van der Waals surface area (Å²) in [6, 6.07) is 12.3. The molecular formula is C29H33FN6O2. The average molecular weight is 517 g/mol. The number of carboxylic acids is 1. The van der Waals surface area contributed by atoms with Crippen LogP contribution in [0.5, 0.6) is 0 Å². The van der Waals surface area contributed by atoms with E-state index in [9.17, 15) is 9.18 Å². The fourth-order valence-corrected chi connectivity index (χ4v) is 4.68. The molecule has 1 fully saturated rings. The summed E-state index contributed by atoms with van der Waals surface area (Å²) in [5, 5.41) is 17.6. The lowest BCUT2D eigenvalue weighted by atomic mass is 10.0. The number of imidazole rings is 1. The van der Waals surface area contributed by atoms with Crippen LogP contribution in [0.1, 0.15) is 49.3 Å². The maximum Gasteiger partial charge on any atom is 0.317 e. The summed E-state index contributed by atoms with van der Waals surface area (Å²) in [6.07, 6.45) is 11.7. The van der Waals surface area contributed by atoms with E-state index < -0.39 is 5.97 Å². The number of H-pyrrole nitrogens is 1. The van der Waals surface area contributed by atoms with Gasteiger partial charge in [-0.25, -0.2) is 14.4 Å². The van der Waals surface area contributed by atoms with Gasteiger partial charge < -0.3 is 15.0 Å². The number of likely N-dealkylation sites (tertiary alicyclic amines) is 1. The van der Waals surface area contributed by atoms with Crippen LogP contribution in [0.4, 0.5) is 4.39 Å². The van der Waals surface area contributed by atoms with Crippen LogP contribution in [0, 0.1) is 11.2 Å². The molecular weight excluding hydrogens is 483 g/mol. The second-order valence-corrected chi connectivity index (χ2v) is 9.29. The van der Waals surface area contributed by atoms with Gasteiger partial charge in [-0.15, -0.1) is 0 Å². The molecule has 8 nitrogen and oxygen atoms in total. The number of pyridine rings is 1. The van der Waals surface area contributed by atoms with Gasteiger partial charge in [0.1, 0.15) is 17.5 Å². The molecule has 0 aliphatic carbocycles. The fraction of sp³-hybridized carbons (Fsp3) is 0.310. The van der Waals surface area contributed by atoms with Gasteiger partial charge >= 0.3 is 5.97 Å². The van der Waals surface area contributed by atoms with Crippen molar-refractivity contribution in [1.82, 2.24) is 24.8 Å². The van der Waals surface area contributed by atoms with Crippen molar-refractivity contribution in [2.45, 2.75) is 32.2 Å². The zero-order valence-electron chi connectivity index (χ0n) is 21.5. The Labute approximate surface area is 222 Å². The van der Waals surface area contributed by atoms with Crippen LogP contribution < -0.4 is 0 Å². The van der Waals surface area contributed by atoms with Crippen LogP contribution >= 0.6 is 0 Å². The van der Waals surface area contributed by atoms with Crippen molar-refractivity contribution in [2.75, 3.05) is 26.2 Å². The van der Waals surface area contributed by atoms with Crippen LogP contribution in [0.15, 0.2) is 60.8 Å². The summed E-state index contributed by atoms with van der Waals surface area (Å²) in [5.74, 6) is -0.125. The number of halogens is 1. The quantitative estimate of drug-likeness (QED) is 0.237. The Morgan fingerprint density at radius 1 is 1.29 bits per heavy atom. The molecule has 0 amide bonds. The largest absolute Gasteiger partial charge is 0.480 e. The van der Waals surface area contributed by atoms with Crippen molar-refractivity contribution >= 4 is 24.0 Å². The molecule has 0 saturated carbocycles. The van der Waals surface area contributed by atoms with Gasteiger partial charge in [0, 0.05) is 13.1 Å². The maximum atomic E-state index is 13.7. The summed E-state index contributed by atoms with van der Waals surface area (Å²) in [5.41, 5.74) is 3.14. The normalized spacial score (nSPS) is 15.8. The second kappa shape index (κ2) is 12.9. The van der Waals surface area contributed by atoms with E-state index in [1.807, 2.05) is 53.1 Å². The van der Waals surface area contributed by atoms with E-state index in [1.54, 1.807) is 30.5 Å². The predicted octanol–water partition coefficient (Wildman–Crippen LogP) is 5.25. The van der Waals surface area contributed by atoms with E-state index >= 15 is 0 Å². The molecule has 1 aliphatic rings. The highest BCUT2D eigenvalue weighted by molar-refractivity contribution is 5.94. The van der Waals surface area contributed by atoms with Crippen LogP contribution in [-0.2, 0) is 4.79 Å². The highest BCUT2D eigenvalue weighted by Crippen LogP contribution is 2.32. The van der Waals surface area contributed by atoms with Crippen LogP contribution in [-0.4, -0.2) is 67.8 Å². The number of nitrogens with one attached hydrogen (secondary N) is 2. The number of hydrogen-bond acceptors (Lipinski definition) is 5. The minimum atomic E-state index is -0.835. The third kappa shape index (κ3) is 7.23. The minimum absolute atomic E-state index is 0.00631. The van der Waals surface area contributed by atoms with E-state index in [4.69, 9.17) is 10.5 Å². The van der Waals surface area contributed by atoms with Crippen LogP contribution in [0.2, 0.25) is 0 Å². The van der Waals surface area contributed by atoms with E-state index in [1.165, 1.54) is 6.07 Å². The Bertz CT molecular complexity index is 1320. The Morgan fingerprint density at radius 3 is 2.92 bits per heavy atom. The minimum Gasteiger partial charge on any atom is -0.480 e. The maximum absolute atomic E-state index is 13.7. The van der Waals surface area contributed by atoms with Gasteiger partial charge in [-0.05, 0) is 73.9 Å². The first-order valence-corrected chi connectivity index (χ1v) is 12.8. The van der Waals surface area contributed by atoms with Crippen molar-refractivity contribution in [3.05, 3.63) is 83.7 Å². The SMILES string of the molecule is CCCN(C/C=C/c1cccc(-c2cnc(/C=C\C(=N)N3CCCC3c3cccc(F)c3)[nH]2)n1)CC(=O)O. The van der Waals surface area contributed by atoms with E-state index in [2.05, 4.69) is 15.0 Å². The zero-order chi connectivity index (χ0) is 26.9. The Balaban J connectivity index is 1.39. The number of amidine groups is 1. The van der Waals surface area contributed by atoms with Crippen molar-refractivity contribution < 1.29 is 14.3 Å². The van der Waals surface area contributed by atoms with E-state index in [0.717, 1.165) is 55.0 Å². The third-order valence-electron chi connectivity index (χ3n) is 6.39. The summed E-state index contributed by atoms with van der Waals surface area (Å²) in [6.45, 7) is 4.04. The van der Waals surface area contributed by atoms with Gasteiger partial charge in [-0.3, -0.25) is 15.1 Å². The topological polar surface area (TPSA) is 109 Å². The van der Waals surface area contributed by atoms with Crippen molar-refractivity contribution in [1.29, 1.82) is 5.41 Å². The smallest absolute Gasteiger partial charge is 0.317 e. The van der Waals surface area contributed by atoms with Crippen molar-refractivity contribution in [3.8, 4) is 11.4 Å². The van der Waals surface area contributed by atoms with E-state index in [0.29, 0.717) is 18.2 Å². The molecule has 3 heterocycles. The number of aromatic amines is 1. The molecule has 9 heteroatoms. The number of hydrogen-bond donors (Lipinski definition) is 3. The lowest BCUT2D eigenvalue weighted by Crippen LogP contribution is -2.30. The average Bonchev–Trinajstić information content (AvgIpc) is 3.58. The lowest BCUT2D eigenvalue weighted by molar-refractivity contribution is -0.138. The Hall–Kier alpha value is -4.11. The number of carbonyl (C=O) groups is 1. The van der Waals surface area contributed by atoms with Gasteiger partial charge in [-0.1, -0.05) is 31.2 Å². The predicted molar refractivity (Wildman–Crippen MR) is 147 cm³/mol. The first kappa shape index (κ1) is 26.9. The molecule has 38 heavy (non-hydrogen) atoms. The third-order valence-corrected chi connectivity index (χ3v) is 6.39.